The van der Waals surface area contributed by atoms with Gasteiger partial charge in [-0.3, -0.25) is 35.2 Å². The van der Waals surface area contributed by atoms with Crippen LogP contribution in [0.25, 0.3) is 0 Å². The van der Waals surface area contributed by atoms with Gasteiger partial charge in [-0.2, -0.15) is 0 Å². The highest BCUT2D eigenvalue weighted by Crippen LogP contribution is 2.24. The van der Waals surface area contributed by atoms with E-state index in [9.17, 15) is 29.8 Å². The molecule has 0 aliphatic heterocycles. The Bertz CT molecular complexity index is 761. The summed E-state index contributed by atoms with van der Waals surface area (Å²) >= 11 is 0. The van der Waals surface area contributed by atoms with E-state index in [1.807, 2.05) is 0 Å². The minimum absolute atomic E-state index is 0.00855. The van der Waals surface area contributed by atoms with Gasteiger partial charge < -0.3 is 10.7 Å². The van der Waals surface area contributed by atoms with Gasteiger partial charge >= 0.3 is 0 Å². The second-order valence-electron chi connectivity index (χ2n) is 5.05. The molecule has 138 valence electrons. The normalized spacial score (nSPS) is 9.69. The van der Waals surface area contributed by atoms with Crippen LogP contribution in [0.1, 0.15) is 12.0 Å². The van der Waals surface area contributed by atoms with Gasteiger partial charge in [0.1, 0.15) is 0 Å². The van der Waals surface area contributed by atoms with Crippen molar-refractivity contribution < 1.29 is 19.4 Å². The van der Waals surface area contributed by atoms with Crippen LogP contribution in [-0.4, -0.2) is 28.2 Å². The van der Waals surface area contributed by atoms with E-state index in [1.165, 1.54) is 6.08 Å². The van der Waals surface area contributed by atoms with E-state index in [4.69, 9.17) is 0 Å². The summed E-state index contributed by atoms with van der Waals surface area (Å²) in [6.45, 7) is 7.31. The topological polar surface area (TPSA) is 157 Å². The van der Waals surface area contributed by atoms with Crippen molar-refractivity contribution in [3.8, 4) is 0 Å². The number of nitro groups is 2. The molecule has 1 rings (SSSR count). The Kier molecular flexibility index (Phi) is 7.42. The van der Waals surface area contributed by atoms with Crippen LogP contribution in [0.3, 0.4) is 0 Å². The van der Waals surface area contributed by atoms with Crippen LogP contribution in [0.2, 0.25) is 0 Å². The zero-order chi connectivity index (χ0) is 19.7. The van der Waals surface area contributed by atoms with Gasteiger partial charge in [0, 0.05) is 23.9 Å². The molecule has 0 atom stereocenters. The van der Waals surface area contributed by atoms with Crippen LogP contribution in [0.15, 0.2) is 43.1 Å². The number of carbonyl (C=O) groups is 2. The molecule has 11 nitrogen and oxygen atoms in total. The lowest BCUT2D eigenvalue weighted by atomic mass is 10.1. The third-order valence-corrected chi connectivity index (χ3v) is 3.02. The van der Waals surface area contributed by atoms with Gasteiger partial charge in [0.05, 0.1) is 28.8 Å². The zero-order valence-electron chi connectivity index (χ0n) is 13.7. The van der Waals surface area contributed by atoms with Crippen LogP contribution in [0, 0.1) is 20.2 Å². The van der Waals surface area contributed by atoms with Crippen molar-refractivity contribution >= 4 is 23.2 Å². The van der Waals surface area contributed by atoms with Crippen molar-refractivity contribution in [1.29, 1.82) is 0 Å². The molecule has 0 aliphatic rings. The number of hydrogen-bond acceptors (Lipinski definition) is 7. The molecule has 26 heavy (non-hydrogen) atoms. The molecule has 0 fully saturated rings. The maximum Gasteiger partial charge on any atom is 0.279 e. The summed E-state index contributed by atoms with van der Waals surface area (Å²) < 4.78 is 0. The van der Waals surface area contributed by atoms with E-state index < -0.39 is 33.5 Å². The number of non-ortho nitro benzene ring substituents is 1. The fraction of sp³-hybridized carbons (Fsp3) is 0.200. The monoisotopic (exact) mass is 363 g/mol. The fourth-order valence-corrected chi connectivity index (χ4v) is 1.85. The average molecular weight is 363 g/mol. The largest absolute Gasteiger partial charge is 0.352 e. The van der Waals surface area contributed by atoms with E-state index >= 15 is 0 Å². The van der Waals surface area contributed by atoms with Crippen molar-refractivity contribution in [2.45, 2.75) is 12.8 Å². The number of hydrazine groups is 1. The molecule has 2 amide bonds. The Labute approximate surface area is 148 Å². The molecule has 1 aromatic carbocycles. The standard InChI is InChI=1S/C15H17N5O6/c1-3-6-16-14(21)7-10(2)17-18-15(22)8-11-4-5-12(19(23)24)9-13(11)20(25)26/h3-5,9,17H,1-2,6-8H2,(H,16,21)(H,18,22). The van der Waals surface area contributed by atoms with Crippen molar-refractivity contribution in [2.24, 2.45) is 0 Å². The highest BCUT2D eigenvalue weighted by Gasteiger charge is 2.21. The SMILES string of the molecule is C=CCNC(=O)CC(=C)NNC(=O)Cc1ccc([N+](=O)[O-])cc1[N+](=O)[O-]. The molecule has 0 saturated heterocycles. The molecule has 0 heterocycles. The molecule has 0 aliphatic carbocycles. The van der Waals surface area contributed by atoms with Gasteiger partial charge in [-0.05, 0) is 6.07 Å². The minimum atomic E-state index is -0.800. The lowest BCUT2D eigenvalue weighted by Gasteiger charge is -2.11. The first-order valence-electron chi connectivity index (χ1n) is 7.26. The molecular formula is C15H17N5O6. The Balaban J connectivity index is 2.64. The number of carbonyl (C=O) groups excluding carboxylic acids is 2. The van der Waals surface area contributed by atoms with Crippen LogP contribution in [0.5, 0.6) is 0 Å². The maximum absolute atomic E-state index is 11.9. The molecule has 0 aromatic heterocycles. The summed E-state index contributed by atoms with van der Waals surface area (Å²) in [5.74, 6) is -0.975. The number of nitrogens with one attached hydrogen (secondary N) is 3. The second-order valence-corrected chi connectivity index (χ2v) is 5.05. The summed E-state index contributed by atoms with van der Waals surface area (Å²) in [5.41, 5.74) is 3.92. The Morgan fingerprint density at radius 2 is 1.81 bits per heavy atom. The molecular weight excluding hydrogens is 346 g/mol. The lowest BCUT2D eigenvalue weighted by molar-refractivity contribution is -0.394. The smallest absolute Gasteiger partial charge is 0.279 e. The lowest BCUT2D eigenvalue weighted by Crippen LogP contribution is -2.39. The van der Waals surface area contributed by atoms with Crippen molar-refractivity contribution in [2.75, 3.05) is 6.54 Å². The van der Waals surface area contributed by atoms with Crippen LogP contribution >= 0.6 is 0 Å². The van der Waals surface area contributed by atoms with E-state index in [-0.39, 0.29) is 23.6 Å². The molecule has 11 heteroatoms. The van der Waals surface area contributed by atoms with Crippen LogP contribution in [-0.2, 0) is 16.0 Å². The molecule has 0 unspecified atom stereocenters. The number of benzene rings is 1. The maximum atomic E-state index is 11.9. The van der Waals surface area contributed by atoms with E-state index in [2.05, 4.69) is 29.3 Å². The quantitative estimate of drug-likeness (QED) is 0.316. The number of amides is 2. The molecule has 0 radical (unpaired) electrons. The number of hydrogen-bond donors (Lipinski definition) is 3. The van der Waals surface area contributed by atoms with Gasteiger partial charge in [0.25, 0.3) is 11.4 Å². The van der Waals surface area contributed by atoms with Gasteiger partial charge in [-0.1, -0.05) is 12.7 Å². The van der Waals surface area contributed by atoms with Gasteiger partial charge in [0.15, 0.2) is 0 Å². The van der Waals surface area contributed by atoms with Crippen LogP contribution < -0.4 is 16.2 Å². The molecule has 1 aromatic rings. The fourth-order valence-electron chi connectivity index (χ4n) is 1.85. The first-order valence-corrected chi connectivity index (χ1v) is 7.26. The van der Waals surface area contributed by atoms with Gasteiger partial charge in [-0.15, -0.1) is 6.58 Å². The van der Waals surface area contributed by atoms with E-state index in [0.29, 0.717) is 6.54 Å². The number of nitro benzene ring substituents is 2. The van der Waals surface area contributed by atoms with Crippen LogP contribution in [0.4, 0.5) is 11.4 Å². The summed E-state index contributed by atoms with van der Waals surface area (Å²) in [5, 5.41) is 24.2. The highest BCUT2D eigenvalue weighted by molar-refractivity contribution is 5.80. The molecule has 0 spiro atoms. The Morgan fingerprint density at radius 3 is 2.38 bits per heavy atom. The van der Waals surface area contributed by atoms with E-state index in [0.717, 1.165) is 18.2 Å². The third kappa shape index (κ3) is 6.39. The summed E-state index contributed by atoms with van der Waals surface area (Å²) in [6, 6.07) is 3.01. The predicted molar refractivity (Wildman–Crippen MR) is 91.7 cm³/mol. The minimum Gasteiger partial charge on any atom is -0.352 e. The number of rotatable bonds is 10. The summed E-state index contributed by atoms with van der Waals surface area (Å²) in [6.07, 6.45) is 1.02. The first kappa shape index (κ1) is 20.3. The Hall–Kier alpha value is -3.76. The van der Waals surface area contributed by atoms with Gasteiger partial charge in [0.2, 0.25) is 11.8 Å². The molecule has 3 N–H and O–H groups in total. The van der Waals surface area contributed by atoms with Crippen molar-refractivity contribution in [3.63, 3.8) is 0 Å². The first-order chi connectivity index (χ1) is 12.2. The van der Waals surface area contributed by atoms with Crippen molar-refractivity contribution in [1.82, 2.24) is 16.2 Å². The van der Waals surface area contributed by atoms with Crippen molar-refractivity contribution in [3.05, 3.63) is 68.9 Å². The predicted octanol–water partition coefficient (Wildman–Crippen LogP) is 0.872. The highest BCUT2D eigenvalue weighted by atomic mass is 16.6. The Morgan fingerprint density at radius 1 is 1.12 bits per heavy atom. The third-order valence-electron chi connectivity index (χ3n) is 3.02. The molecule has 0 saturated carbocycles. The molecule has 0 bridgehead atoms. The van der Waals surface area contributed by atoms with E-state index in [1.54, 1.807) is 0 Å². The summed E-state index contributed by atoms with van der Waals surface area (Å²) in [4.78, 5) is 43.5. The van der Waals surface area contributed by atoms with Gasteiger partial charge in [-0.25, -0.2) is 0 Å². The summed E-state index contributed by atoms with van der Waals surface area (Å²) in [7, 11) is 0. The zero-order valence-corrected chi connectivity index (χ0v) is 13.7. The second kappa shape index (κ2) is 9.52. The number of nitrogens with zero attached hydrogens (tertiary/aromatic N) is 2. The average Bonchev–Trinajstić information content (AvgIpc) is 2.58.